The van der Waals surface area contributed by atoms with Crippen molar-refractivity contribution in [3.05, 3.63) is 53.0 Å². The van der Waals surface area contributed by atoms with Gasteiger partial charge in [0.05, 0.1) is 17.3 Å². The Hall–Kier alpha value is -2.08. The van der Waals surface area contributed by atoms with Gasteiger partial charge in [-0.2, -0.15) is 0 Å². The number of carboxylic acid groups (broad SMARTS) is 1. The summed E-state index contributed by atoms with van der Waals surface area (Å²) in [5.41, 5.74) is 0.715. The first-order chi connectivity index (χ1) is 9.66. The normalized spacial score (nSPS) is 10.8. The summed E-state index contributed by atoms with van der Waals surface area (Å²) in [5, 5.41) is 8.69. The Labute approximate surface area is 124 Å². The van der Waals surface area contributed by atoms with E-state index in [4.69, 9.17) is 9.84 Å². The van der Waals surface area contributed by atoms with E-state index in [1.165, 1.54) is 6.08 Å². The van der Waals surface area contributed by atoms with Crippen molar-refractivity contribution in [1.29, 1.82) is 0 Å². The fraction of sp³-hybridized carbons (Fsp3) is 0.143. The molecule has 1 heterocycles. The zero-order valence-electron chi connectivity index (χ0n) is 10.6. The second-order valence-electron chi connectivity index (χ2n) is 3.98. The molecular formula is C14H13BrN2O3. The molecule has 2 aromatic rings. The third-order valence-electron chi connectivity index (χ3n) is 2.56. The number of carbonyl (C=O) groups is 1. The monoisotopic (exact) mass is 336 g/mol. The summed E-state index contributed by atoms with van der Waals surface area (Å²) < 4.78 is 8.43. The van der Waals surface area contributed by atoms with Gasteiger partial charge < -0.3 is 14.4 Å². The summed E-state index contributed by atoms with van der Waals surface area (Å²) in [6.45, 7) is 1.14. The largest absolute Gasteiger partial charge is 0.490 e. The molecule has 0 saturated carbocycles. The molecule has 0 amide bonds. The summed E-state index contributed by atoms with van der Waals surface area (Å²) >= 11 is 3.41. The van der Waals surface area contributed by atoms with Crippen LogP contribution in [-0.4, -0.2) is 27.2 Å². The minimum atomic E-state index is -0.991. The van der Waals surface area contributed by atoms with E-state index >= 15 is 0 Å². The van der Waals surface area contributed by atoms with E-state index in [0.29, 0.717) is 24.5 Å². The molecule has 0 fully saturated rings. The number of aliphatic carboxylic acids is 1. The Morgan fingerprint density at radius 1 is 1.50 bits per heavy atom. The molecule has 20 heavy (non-hydrogen) atoms. The lowest BCUT2D eigenvalue weighted by molar-refractivity contribution is -0.131. The summed E-state index contributed by atoms with van der Waals surface area (Å²) in [6, 6.07) is 5.48. The molecule has 0 aliphatic carbocycles. The number of hydrogen-bond donors (Lipinski definition) is 1. The smallest absolute Gasteiger partial charge is 0.328 e. The number of nitrogens with zero attached hydrogens (tertiary/aromatic N) is 2. The van der Waals surface area contributed by atoms with Crippen molar-refractivity contribution in [2.45, 2.75) is 6.54 Å². The van der Waals surface area contributed by atoms with Gasteiger partial charge in [0.25, 0.3) is 0 Å². The zero-order valence-corrected chi connectivity index (χ0v) is 12.2. The molecule has 0 spiro atoms. The van der Waals surface area contributed by atoms with Crippen molar-refractivity contribution in [2.75, 3.05) is 6.61 Å². The third-order valence-corrected chi connectivity index (χ3v) is 3.18. The molecule has 0 atom stereocenters. The number of imidazole rings is 1. The van der Waals surface area contributed by atoms with Gasteiger partial charge in [-0.15, -0.1) is 0 Å². The van der Waals surface area contributed by atoms with Crippen molar-refractivity contribution in [1.82, 2.24) is 9.55 Å². The van der Waals surface area contributed by atoms with Crippen molar-refractivity contribution >= 4 is 28.0 Å². The second-order valence-corrected chi connectivity index (χ2v) is 4.83. The van der Waals surface area contributed by atoms with E-state index in [1.807, 2.05) is 22.9 Å². The first-order valence-electron chi connectivity index (χ1n) is 5.95. The number of para-hydroxylation sites is 1. The van der Waals surface area contributed by atoms with Crippen LogP contribution < -0.4 is 4.74 Å². The maximum Gasteiger partial charge on any atom is 0.328 e. The van der Waals surface area contributed by atoms with Crippen LogP contribution in [0.1, 0.15) is 5.56 Å². The van der Waals surface area contributed by atoms with E-state index in [0.717, 1.165) is 10.5 Å². The third kappa shape index (κ3) is 3.96. The first-order valence-corrected chi connectivity index (χ1v) is 6.74. The highest BCUT2D eigenvalue weighted by molar-refractivity contribution is 9.10. The zero-order chi connectivity index (χ0) is 14.4. The molecule has 1 aromatic carbocycles. The minimum absolute atomic E-state index is 0.465. The van der Waals surface area contributed by atoms with Gasteiger partial charge in [-0.05, 0) is 28.1 Å². The molecule has 0 saturated heterocycles. The first kappa shape index (κ1) is 14.3. The van der Waals surface area contributed by atoms with Gasteiger partial charge in [0.15, 0.2) is 0 Å². The molecular weight excluding hydrogens is 324 g/mol. The van der Waals surface area contributed by atoms with Crippen LogP contribution in [0.2, 0.25) is 0 Å². The average molecular weight is 337 g/mol. The predicted octanol–water partition coefficient (Wildman–Crippen LogP) is 2.82. The second kappa shape index (κ2) is 6.91. The summed E-state index contributed by atoms with van der Waals surface area (Å²) in [5.74, 6) is -0.362. The molecule has 0 aliphatic heterocycles. The van der Waals surface area contributed by atoms with Crippen LogP contribution in [-0.2, 0) is 11.3 Å². The van der Waals surface area contributed by atoms with E-state index < -0.39 is 5.97 Å². The van der Waals surface area contributed by atoms with Crippen molar-refractivity contribution < 1.29 is 14.6 Å². The average Bonchev–Trinajstić information content (AvgIpc) is 2.92. The van der Waals surface area contributed by atoms with E-state index in [2.05, 4.69) is 20.9 Å². The van der Waals surface area contributed by atoms with Crippen LogP contribution in [0.15, 0.2) is 47.5 Å². The fourth-order valence-electron chi connectivity index (χ4n) is 1.64. The number of carboxylic acids is 1. The topological polar surface area (TPSA) is 64.3 Å². The number of hydrogen-bond acceptors (Lipinski definition) is 3. The van der Waals surface area contributed by atoms with E-state index in [1.54, 1.807) is 18.6 Å². The van der Waals surface area contributed by atoms with Crippen molar-refractivity contribution in [2.24, 2.45) is 0 Å². The quantitative estimate of drug-likeness (QED) is 0.824. The Bertz CT molecular complexity index is 609. The molecule has 6 heteroatoms. The maximum atomic E-state index is 10.6. The molecule has 0 bridgehead atoms. The van der Waals surface area contributed by atoms with Gasteiger partial charge in [0.2, 0.25) is 0 Å². The van der Waals surface area contributed by atoms with Crippen LogP contribution in [0.3, 0.4) is 0 Å². The van der Waals surface area contributed by atoms with Gasteiger partial charge in [-0.3, -0.25) is 0 Å². The molecule has 0 aliphatic rings. The molecule has 2 rings (SSSR count). The number of ether oxygens (including phenoxy) is 1. The standard InChI is InChI=1S/C14H13BrN2O3/c15-12-3-1-2-11(4-5-13(18)19)14(12)20-9-8-17-7-6-16-10-17/h1-7,10H,8-9H2,(H,18,19). The number of aromatic nitrogens is 2. The van der Waals surface area contributed by atoms with Gasteiger partial charge >= 0.3 is 5.97 Å². The van der Waals surface area contributed by atoms with Crippen molar-refractivity contribution in [3.8, 4) is 5.75 Å². The summed E-state index contributed by atoms with van der Waals surface area (Å²) in [7, 11) is 0. The molecule has 0 unspecified atom stereocenters. The minimum Gasteiger partial charge on any atom is -0.490 e. The number of benzene rings is 1. The highest BCUT2D eigenvalue weighted by Gasteiger charge is 2.06. The van der Waals surface area contributed by atoms with Gasteiger partial charge in [0.1, 0.15) is 12.4 Å². The molecule has 1 N–H and O–H groups in total. The molecule has 1 aromatic heterocycles. The van der Waals surface area contributed by atoms with Crippen LogP contribution in [0.4, 0.5) is 0 Å². The van der Waals surface area contributed by atoms with Crippen molar-refractivity contribution in [3.63, 3.8) is 0 Å². The lowest BCUT2D eigenvalue weighted by Gasteiger charge is -2.11. The van der Waals surface area contributed by atoms with E-state index in [9.17, 15) is 4.79 Å². The Balaban J connectivity index is 2.07. The van der Waals surface area contributed by atoms with Crippen LogP contribution in [0, 0.1) is 0 Å². The van der Waals surface area contributed by atoms with Crippen LogP contribution in [0.25, 0.3) is 6.08 Å². The van der Waals surface area contributed by atoms with Gasteiger partial charge in [-0.1, -0.05) is 12.1 Å². The van der Waals surface area contributed by atoms with E-state index in [-0.39, 0.29) is 0 Å². The molecule has 104 valence electrons. The van der Waals surface area contributed by atoms with Gasteiger partial charge in [0, 0.05) is 24.0 Å². The highest BCUT2D eigenvalue weighted by Crippen LogP contribution is 2.30. The van der Waals surface area contributed by atoms with Crippen LogP contribution >= 0.6 is 15.9 Å². The number of rotatable bonds is 6. The summed E-state index contributed by atoms with van der Waals surface area (Å²) in [4.78, 5) is 14.5. The Morgan fingerprint density at radius 3 is 3.05 bits per heavy atom. The summed E-state index contributed by atoms with van der Waals surface area (Å²) in [6.07, 6.45) is 7.88. The molecule has 0 radical (unpaired) electrons. The molecule has 5 nitrogen and oxygen atoms in total. The SMILES string of the molecule is O=C(O)C=Cc1cccc(Br)c1OCCn1ccnc1. The maximum absolute atomic E-state index is 10.6. The predicted molar refractivity (Wildman–Crippen MR) is 78.5 cm³/mol. The van der Waals surface area contributed by atoms with Crippen LogP contribution in [0.5, 0.6) is 5.75 Å². The number of halogens is 1. The Kier molecular flexibility index (Phi) is 4.95. The fourth-order valence-corrected chi connectivity index (χ4v) is 2.14. The lowest BCUT2D eigenvalue weighted by Crippen LogP contribution is -2.07. The Morgan fingerprint density at radius 2 is 2.35 bits per heavy atom. The van der Waals surface area contributed by atoms with Gasteiger partial charge in [-0.25, -0.2) is 9.78 Å². The highest BCUT2D eigenvalue weighted by atomic mass is 79.9. The lowest BCUT2D eigenvalue weighted by atomic mass is 10.2.